The molecule has 4 rings (SSSR count). The Bertz CT molecular complexity index is 1250. The molecule has 1 N–H and O–H groups in total. The van der Waals surface area contributed by atoms with Gasteiger partial charge in [0.15, 0.2) is 0 Å². The largest absolute Gasteiger partial charge is 0.352 e. The number of anilines is 2. The molecular weight excluding hydrogens is 399 g/mol. The molecule has 0 radical (unpaired) electrons. The quantitative estimate of drug-likeness (QED) is 0.497. The van der Waals surface area contributed by atoms with Crippen molar-refractivity contribution < 1.29 is 9.18 Å². The fraction of sp³-hybridized carbons (Fsp3) is 0.182. The van der Waals surface area contributed by atoms with Crippen molar-refractivity contribution in [3.05, 3.63) is 88.7 Å². The number of nitrogens with zero attached hydrogens (tertiary/aromatic N) is 5. The topological polar surface area (TPSA) is 84.5 Å². The molecule has 9 heteroatoms. The van der Waals surface area contributed by atoms with Crippen LogP contribution >= 0.6 is 0 Å². The van der Waals surface area contributed by atoms with Crippen LogP contribution < -0.4 is 11.0 Å². The van der Waals surface area contributed by atoms with E-state index in [4.69, 9.17) is 0 Å². The predicted molar refractivity (Wildman–Crippen MR) is 114 cm³/mol. The molecule has 0 unspecified atom stereocenters. The van der Waals surface area contributed by atoms with E-state index in [1.165, 1.54) is 22.7 Å². The average Bonchev–Trinajstić information content (AvgIpc) is 3.08. The van der Waals surface area contributed by atoms with Crippen molar-refractivity contribution in [3.8, 4) is 0 Å². The van der Waals surface area contributed by atoms with Crippen LogP contribution in [0.5, 0.6) is 0 Å². The van der Waals surface area contributed by atoms with E-state index < -0.39 is 5.69 Å². The van der Waals surface area contributed by atoms with Crippen molar-refractivity contribution in [1.82, 2.24) is 24.1 Å². The Labute approximate surface area is 177 Å². The number of benzene rings is 2. The Hall–Kier alpha value is -4.01. The molecule has 0 bridgehead atoms. The lowest BCUT2D eigenvalue weighted by molar-refractivity contribution is -0.132. The lowest BCUT2D eigenvalue weighted by Gasteiger charge is -2.20. The molecule has 2 aromatic heterocycles. The maximum atomic E-state index is 13.1. The fourth-order valence-electron chi connectivity index (χ4n) is 3.17. The number of rotatable bonds is 7. The lowest BCUT2D eigenvalue weighted by Crippen LogP contribution is -2.36. The average molecular weight is 420 g/mol. The lowest BCUT2D eigenvalue weighted by atomic mass is 10.2. The molecule has 2 aromatic carbocycles. The van der Waals surface area contributed by atoms with E-state index in [9.17, 15) is 14.0 Å². The van der Waals surface area contributed by atoms with Crippen molar-refractivity contribution in [2.24, 2.45) is 0 Å². The summed E-state index contributed by atoms with van der Waals surface area (Å²) < 4.78 is 15.5. The standard InChI is InChI=1S/C22H21FN6O2/c1-2-27(14-16-6-4-3-5-7-16)20(30)15-29-22(31)28-13-12-19(25-21(28)26-29)24-18-10-8-17(23)9-11-18/h3-13H,2,14-15H2,1H3,(H,24,25,26). The number of hydrogen-bond donors (Lipinski definition) is 1. The maximum Gasteiger partial charge on any atom is 0.352 e. The van der Waals surface area contributed by atoms with E-state index in [0.717, 1.165) is 10.2 Å². The number of carbonyl (C=O) groups excluding carboxylic acids is 1. The third kappa shape index (κ3) is 4.61. The first-order valence-electron chi connectivity index (χ1n) is 9.84. The van der Waals surface area contributed by atoms with Crippen LogP contribution in [-0.2, 0) is 17.9 Å². The van der Waals surface area contributed by atoms with E-state index in [-0.39, 0.29) is 24.0 Å². The zero-order chi connectivity index (χ0) is 21.8. The Morgan fingerprint density at radius 3 is 2.55 bits per heavy atom. The van der Waals surface area contributed by atoms with Crippen LogP contribution in [-0.4, -0.2) is 36.5 Å². The highest BCUT2D eigenvalue weighted by atomic mass is 19.1. The first-order valence-corrected chi connectivity index (χ1v) is 9.84. The summed E-state index contributed by atoms with van der Waals surface area (Å²) in [7, 11) is 0. The maximum absolute atomic E-state index is 13.1. The van der Waals surface area contributed by atoms with E-state index in [2.05, 4.69) is 15.4 Å². The van der Waals surface area contributed by atoms with Crippen LogP contribution in [0.2, 0.25) is 0 Å². The minimum atomic E-state index is -0.444. The van der Waals surface area contributed by atoms with Gasteiger partial charge >= 0.3 is 5.69 Å². The molecule has 8 nitrogen and oxygen atoms in total. The summed E-state index contributed by atoms with van der Waals surface area (Å²) in [6, 6.07) is 17.1. The zero-order valence-electron chi connectivity index (χ0n) is 16.9. The molecule has 0 fully saturated rings. The normalized spacial score (nSPS) is 10.9. The summed E-state index contributed by atoms with van der Waals surface area (Å²) in [4.78, 5) is 31.4. The van der Waals surface area contributed by atoms with Crippen LogP contribution in [0.15, 0.2) is 71.7 Å². The molecule has 0 aliphatic heterocycles. The van der Waals surface area contributed by atoms with Crippen LogP contribution in [0.1, 0.15) is 12.5 Å². The fourth-order valence-corrected chi connectivity index (χ4v) is 3.17. The monoisotopic (exact) mass is 420 g/mol. The number of aromatic nitrogens is 4. The molecule has 0 saturated heterocycles. The first kappa shape index (κ1) is 20.3. The smallest absolute Gasteiger partial charge is 0.340 e. The summed E-state index contributed by atoms with van der Waals surface area (Å²) in [5.74, 6) is 0.0664. The number of carbonyl (C=O) groups is 1. The highest BCUT2D eigenvalue weighted by molar-refractivity contribution is 5.75. The Morgan fingerprint density at radius 2 is 1.84 bits per heavy atom. The van der Waals surface area contributed by atoms with Crippen molar-refractivity contribution in [2.75, 3.05) is 11.9 Å². The number of halogens is 1. The number of hydrogen-bond acceptors (Lipinski definition) is 5. The van der Waals surface area contributed by atoms with Gasteiger partial charge < -0.3 is 10.2 Å². The van der Waals surface area contributed by atoms with Gasteiger partial charge in [0.1, 0.15) is 18.2 Å². The third-order valence-electron chi connectivity index (χ3n) is 4.81. The molecule has 0 aliphatic carbocycles. The van der Waals surface area contributed by atoms with Gasteiger partial charge in [-0.05, 0) is 42.8 Å². The second kappa shape index (κ2) is 8.78. The second-order valence-corrected chi connectivity index (χ2v) is 6.95. The molecule has 0 saturated carbocycles. The van der Waals surface area contributed by atoms with Gasteiger partial charge in [-0.25, -0.2) is 18.3 Å². The second-order valence-electron chi connectivity index (χ2n) is 6.95. The molecule has 4 aromatic rings. The van der Waals surface area contributed by atoms with Crippen molar-refractivity contribution >= 4 is 23.2 Å². The van der Waals surface area contributed by atoms with Crippen molar-refractivity contribution in [1.29, 1.82) is 0 Å². The SMILES string of the molecule is CCN(Cc1ccccc1)C(=O)Cn1nc2nc(Nc3ccc(F)cc3)ccn2c1=O. The Morgan fingerprint density at radius 1 is 1.10 bits per heavy atom. The number of amides is 1. The van der Waals surface area contributed by atoms with Crippen LogP contribution in [0.25, 0.3) is 5.78 Å². The van der Waals surface area contributed by atoms with Crippen LogP contribution in [0.4, 0.5) is 15.9 Å². The summed E-state index contributed by atoms with van der Waals surface area (Å²) in [6.07, 6.45) is 1.53. The van der Waals surface area contributed by atoms with Crippen molar-refractivity contribution in [3.63, 3.8) is 0 Å². The molecule has 0 aliphatic rings. The predicted octanol–water partition coefficient (Wildman–Crippen LogP) is 2.82. The molecule has 0 atom stereocenters. The summed E-state index contributed by atoms with van der Waals surface area (Å²) in [5, 5.41) is 7.23. The Balaban J connectivity index is 1.52. The van der Waals surface area contributed by atoms with Crippen LogP contribution in [0.3, 0.4) is 0 Å². The Kier molecular flexibility index (Phi) is 5.74. The molecular formula is C22H21FN6O2. The molecule has 1 amide bonds. The van der Waals surface area contributed by atoms with Crippen molar-refractivity contribution in [2.45, 2.75) is 20.0 Å². The first-order chi connectivity index (χ1) is 15.0. The van der Waals surface area contributed by atoms with Crippen LogP contribution in [0, 0.1) is 5.82 Å². The summed E-state index contributed by atoms with van der Waals surface area (Å²) >= 11 is 0. The van der Waals surface area contributed by atoms with Gasteiger partial charge in [-0.1, -0.05) is 30.3 Å². The molecule has 31 heavy (non-hydrogen) atoms. The summed E-state index contributed by atoms with van der Waals surface area (Å²) in [5.41, 5.74) is 1.22. The summed E-state index contributed by atoms with van der Waals surface area (Å²) in [6.45, 7) is 2.69. The zero-order valence-corrected chi connectivity index (χ0v) is 16.9. The third-order valence-corrected chi connectivity index (χ3v) is 4.81. The van der Waals surface area contributed by atoms with E-state index in [1.54, 1.807) is 23.1 Å². The van der Waals surface area contributed by atoms with Gasteiger partial charge in [0.2, 0.25) is 5.91 Å². The van der Waals surface area contributed by atoms with Gasteiger partial charge in [0.25, 0.3) is 5.78 Å². The van der Waals surface area contributed by atoms with E-state index >= 15 is 0 Å². The van der Waals surface area contributed by atoms with E-state index in [0.29, 0.717) is 24.6 Å². The minimum absolute atomic E-state index is 0.163. The highest BCUT2D eigenvalue weighted by Gasteiger charge is 2.17. The highest BCUT2D eigenvalue weighted by Crippen LogP contribution is 2.15. The number of fused-ring (bicyclic) bond motifs is 1. The van der Waals surface area contributed by atoms with Gasteiger partial charge in [0, 0.05) is 25.0 Å². The van der Waals surface area contributed by atoms with Gasteiger partial charge in [-0.3, -0.25) is 4.79 Å². The van der Waals surface area contributed by atoms with Gasteiger partial charge in [-0.2, -0.15) is 4.98 Å². The minimum Gasteiger partial charge on any atom is -0.340 e. The van der Waals surface area contributed by atoms with Gasteiger partial charge in [0.05, 0.1) is 0 Å². The number of nitrogens with one attached hydrogen (secondary N) is 1. The number of likely N-dealkylation sites (N-methyl/N-ethyl adjacent to an activating group) is 1. The van der Waals surface area contributed by atoms with E-state index in [1.807, 2.05) is 37.3 Å². The molecule has 158 valence electrons. The molecule has 0 spiro atoms. The van der Waals surface area contributed by atoms with Gasteiger partial charge in [-0.15, -0.1) is 5.10 Å². The molecule has 2 heterocycles.